The molecule has 0 unspecified atom stereocenters. The first-order valence-corrected chi connectivity index (χ1v) is 18.0. The molecule has 0 aliphatic carbocycles. The van der Waals surface area contributed by atoms with Crippen molar-refractivity contribution in [2.45, 2.75) is 46.3 Å². The number of nitrogens with zero attached hydrogens (tertiary/aromatic N) is 4. The first-order valence-electron chi connectivity index (χ1n) is 17.2. The molecule has 272 valence electrons. The summed E-state index contributed by atoms with van der Waals surface area (Å²) in [6, 6.07) is 9.76. The summed E-state index contributed by atoms with van der Waals surface area (Å²) in [7, 11) is 0. The van der Waals surface area contributed by atoms with Crippen LogP contribution in [-0.4, -0.2) is 134 Å². The predicted octanol–water partition coefficient (Wildman–Crippen LogP) is 0.955. The number of amides is 2. The van der Waals surface area contributed by atoms with E-state index < -0.39 is 24.0 Å². The van der Waals surface area contributed by atoms with E-state index in [1.165, 1.54) is 11.3 Å². The molecule has 14 nitrogen and oxygen atoms in total. The van der Waals surface area contributed by atoms with Gasteiger partial charge < -0.3 is 25.4 Å². The summed E-state index contributed by atoms with van der Waals surface area (Å²) in [5.74, 6) is -1.48. The Morgan fingerprint density at radius 2 is 1.32 bits per heavy atom. The van der Waals surface area contributed by atoms with Gasteiger partial charge in [0.15, 0.2) is 5.43 Å². The third-order valence-electron chi connectivity index (χ3n) is 8.33. The van der Waals surface area contributed by atoms with Gasteiger partial charge in [0.2, 0.25) is 11.8 Å². The standard InChI is InChI=1S/C35H49N7O7S/c1-5-48-34(46)24(3)37-30(43)22-40-15-13-36-14-16-41(23-31(44)38-25(4)35(47)49-6-2)18-20-42(19-17-40)21-26-11-12-28-32(45)27-9-7-8-10-29(27)50-33(28)39-26/h7-12,24-25,36H,5-6,13-23H2,1-4H3,(H,37,43)(H,38,44)/t24-,25-/m0/s1. The number of esters is 2. The molecule has 0 saturated carbocycles. The summed E-state index contributed by atoms with van der Waals surface area (Å²) in [5.41, 5.74) is 0.767. The quantitative estimate of drug-likeness (QED) is 0.181. The van der Waals surface area contributed by atoms with Crippen molar-refractivity contribution >= 4 is 55.4 Å². The molecule has 1 aliphatic rings. The fourth-order valence-corrected chi connectivity index (χ4v) is 6.71. The minimum absolute atomic E-state index is 0.0364. The average molecular weight is 712 g/mol. The van der Waals surface area contributed by atoms with Gasteiger partial charge in [0, 0.05) is 69.0 Å². The maximum absolute atomic E-state index is 13.1. The highest BCUT2D eigenvalue weighted by Crippen LogP contribution is 2.23. The third-order valence-corrected chi connectivity index (χ3v) is 9.41. The van der Waals surface area contributed by atoms with Crippen molar-refractivity contribution in [2.75, 3.05) is 78.7 Å². The fourth-order valence-electron chi connectivity index (χ4n) is 5.65. The second-order valence-corrected chi connectivity index (χ2v) is 13.3. The number of carbonyl (C=O) groups excluding carboxylic acids is 4. The van der Waals surface area contributed by atoms with E-state index in [1.807, 2.05) is 46.2 Å². The van der Waals surface area contributed by atoms with Crippen LogP contribution in [0.25, 0.3) is 20.3 Å². The molecule has 3 aromatic rings. The van der Waals surface area contributed by atoms with Crippen molar-refractivity contribution in [3.8, 4) is 0 Å². The molecule has 1 aliphatic heterocycles. The smallest absolute Gasteiger partial charge is 0.328 e. The molecule has 4 rings (SSSR count). The monoisotopic (exact) mass is 711 g/mol. The number of aromatic nitrogens is 1. The van der Waals surface area contributed by atoms with Gasteiger partial charge in [-0.3, -0.25) is 29.1 Å². The molecule has 1 fully saturated rings. The Hall–Kier alpha value is -4.02. The van der Waals surface area contributed by atoms with Crippen LogP contribution in [0.2, 0.25) is 0 Å². The minimum Gasteiger partial charge on any atom is -0.464 e. The third kappa shape index (κ3) is 11.5. The fraction of sp³-hybridized carbons (Fsp3) is 0.543. The van der Waals surface area contributed by atoms with Crippen molar-refractivity contribution in [1.29, 1.82) is 0 Å². The van der Waals surface area contributed by atoms with Crippen LogP contribution in [-0.2, 0) is 35.2 Å². The lowest BCUT2D eigenvalue weighted by Crippen LogP contribution is -2.50. The Labute approximate surface area is 296 Å². The van der Waals surface area contributed by atoms with E-state index in [0.29, 0.717) is 74.5 Å². The lowest BCUT2D eigenvalue weighted by atomic mass is 10.2. The SMILES string of the molecule is CCOC(=O)[C@H](C)NC(=O)CN1CCNCCN(CC(=O)N[C@@H](C)C(=O)OCC)CCN(Cc2ccc3c(=O)c4ccccc4sc3n2)CC1. The van der Waals surface area contributed by atoms with E-state index >= 15 is 0 Å². The molecule has 1 aromatic carbocycles. The summed E-state index contributed by atoms with van der Waals surface area (Å²) in [4.78, 5) is 75.0. The van der Waals surface area contributed by atoms with Gasteiger partial charge in [-0.05, 0) is 52.0 Å². The lowest BCUT2D eigenvalue weighted by molar-refractivity contribution is -0.147. The zero-order chi connectivity index (χ0) is 36.0. The maximum Gasteiger partial charge on any atom is 0.328 e. The number of hydrogen-bond acceptors (Lipinski definition) is 13. The van der Waals surface area contributed by atoms with Crippen molar-refractivity contribution in [2.24, 2.45) is 0 Å². The topological polar surface area (TPSA) is 163 Å². The highest BCUT2D eigenvalue weighted by molar-refractivity contribution is 7.24. The van der Waals surface area contributed by atoms with Crippen molar-refractivity contribution < 1.29 is 28.7 Å². The summed E-state index contributed by atoms with van der Waals surface area (Å²) in [6.07, 6.45) is 0. The van der Waals surface area contributed by atoms with Gasteiger partial charge in [0.05, 0.1) is 37.4 Å². The Balaban J connectivity index is 1.50. The zero-order valence-corrected chi connectivity index (χ0v) is 30.2. The second-order valence-electron chi connectivity index (χ2n) is 12.2. The van der Waals surface area contributed by atoms with E-state index in [0.717, 1.165) is 10.4 Å². The van der Waals surface area contributed by atoms with E-state index in [-0.39, 0.29) is 43.5 Å². The number of carbonyl (C=O) groups is 4. The van der Waals surface area contributed by atoms with E-state index in [9.17, 15) is 24.0 Å². The molecule has 3 N–H and O–H groups in total. The highest BCUT2D eigenvalue weighted by atomic mass is 32.1. The number of nitrogens with one attached hydrogen (secondary N) is 3. The normalized spacial score (nSPS) is 16.9. The molecule has 0 bridgehead atoms. The van der Waals surface area contributed by atoms with E-state index in [1.54, 1.807) is 27.7 Å². The maximum atomic E-state index is 13.1. The van der Waals surface area contributed by atoms with Crippen LogP contribution in [0.5, 0.6) is 0 Å². The van der Waals surface area contributed by atoms with Crippen molar-refractivity contribution in [3.63, 3.8) is 0 Å². The van der Waals surface area contributed by atoms with Gasteiger partial charge in [0.1, 0.15) is 16.9 Å². The lowest BCUT2D eigenvalue weighted by Gasteiger charge is -2.31. The molecule has 0 spiro atoms. The Bertz CT molecular complexity index is 1630. The van der Waals surface area contributed by atoms with Crippen LogP contribution in [0.4, 0.5) is 0 Å². The first-order chi connectivity index (χ1) is 24.1. The minimum atomic E-state index is -0.750. The van der Waals surface area contributed by atoms with Gasteiger partial charge in [0.25, 0.3) is 0 Å². The largest absolute Gasteiger partial charge is 0.464 e. The molecule has 3 heterocycles. The molecule has 15 heteroatoms. The molecule has 2 amide bonds. The van der Waals surface area contributed by atoms with Gasteiger partial charge in [-0.2, -0.15) is 0 Å². The van der Waals surface area contributed by atoms with Gasteiger partial charge in [-0.1, -0.05) is 12.1 Å². The predicted molar refractivity (Wildman–Crippen MR) is 193 cm³/mol. The average Bonchev–Trinajstić information content (AvgIpc) is 3.08. The number of ether oxygens (including phenoxy) is 2. The van der Waals surface area contributed by atoms with Crippen molar-refractivity contribution in [1.82, 2.24) is 35.6 Å². The molecular weight excluding hydrogens is 662 g/mol. The Kier molecular flexibility index (Phi) is 15.0. The van der Waals surface area contributed by atoms with Gasteiger partial charge in [-0.25, -0.2) is 14.6 Å². The second kappa shape index (κ2) is 19.4. The van der Waals surface area contributed by atoms with Gasteiger partial charge in [-0.15, -0.1) is 11.3 Å². The number of rotatable bonds is 12. The number of pyridine rings is 1. The molecule has 2 aromatic heterocycles. The zero-order valence-electron chi connectivity index (χ0n) is 29.4. The van der Waals surface area contributed by atoms with E-state index in [2.05, 4.69) is 20.9 Å². The highest BCUT2D eigenvalue weighted by Gasteiger charge is 2.22. The van der Waals surface area contributed by atoms with Crippen LogP contribution in [0, 0.1) is 0 Å². The molecule has 0 radical (unpaired) electrons. The molecule has 50 heavy (non-hydrogen) atoms. The first kappa shape index (κ1) is 38.8. The van der Waals surface area contributed by atoms with Crippen LogP contribution in [0.15, 0.2) is 41.2 Å². The molecule has 2 atom stereocenters. The number of fused-ring (bicyclic) bond motifs is 2. The molecule has 1 saturated heterocycles. The number of benzene rings is 1. The Morgan fingerprint density at radius 1 is 0.780 bits per heavy atom. The van der Waals surface area contributed by atoms with Crippen LogP contribution in [0.3, 0.4) is 0 Å². The van der Waals surface area contributed by atoms with Crippen molar-refractivity contribution in [3.05, 3.63) is 52.3 Å². The van der Waals surface area contributed by atoms with E-state index in [4.69, 9.17) is 14.5 Å². The molecular formula is C35H49N7O7S. The summed E-state index contributed by atoms with van der Waals surface area (Å²) in [5, 5.41) is 10.1. The summed E-state index contributed by atoms with van der Waals surface area (Å²) < 4.78 is 10.9. The Morgan fingerprint density at radius 3 is 1.88 bits per heavy atom. The van der Waals surface area contributed by atoms with Crippen LogP contribution in [0.1, 0.15) is 33.4 Å². The number of hydrogen-bond donors (Lipinski definition) is 3. The van der Waals surface area contributed by atoms with Crippen LogP contribution < -0.4 is 21.4 Å². The van der Waals surface area contributed by atoms with Gasteiger partial charge >= 0.3 is 11.9 Å². The summed E-state index contributed by atoms with van der Waals surface area (Å²) >= 11 is 1.49. The van der Waals surface area contributed by atoms with Crippen LogP contribution >= 0.6 is 11.3 Å². The summed E-state index contributed by atoms with van der Waals surface area (Å²) in [6.45, 7) is 12.5.